The number of hydrogen-bond donors (Lipinski definition) is 0. The maximum Gasteiger partial charge on any atom is 0.246 e. The van der Waals surface area contributed by atoms with E-state index in [2.05, 4.69) is 14.9 Å². The number of rotatable bonds is 2. The van der Waals surface area contributed by atoms with Gasteiger partial charge in [-0.2, -0.15) is 0 Å². The van der Waals surface area contributed by atoms with E-state index in [-0.39, 0.29) is 0 Å². The van der Waals surface area contributed by atoms with E-state index in [1.165, 1.54) is 5.57 Å². The Hall–Kier alpha value is -0.0831. The maximum atomic E-state index is 4.58. The first-order valence-electron chi connectivity index (χ1n) is 2.19. The molecule has 1 nitrogen and oxygen atoms in total. The second-order valence-corrected chi connectivity index (χ2v) is 1.88. The standard InChI is InChI=1S/C5H9OSi/c1-5(2)3-4-6-7/h3H,4H2,1-2H3. The van der Waals surface area contributed by atoms with Gasteiger partial charge in [-0.3, -0.25) is 0 Å². The molecule has 0 fully saturated rings. The number of hydrogen-bond acceptors (Lipinski definition) is 1. The molecule has 3 radical (unpaired) electrons. The van der Waals surface area contributed by atoms with Crippen molar-refractivity contribution in [3.63, 3.8) is 0 Å². The molecule has 0 N–H and O–H groups in total. The molecule has 0 aliphatic rings. The zero-order valence-electron chi connectivity index (χ0n) is 4.69. The molecule has 39 valence electrons. The van der Waals surface area contributed by atoms with Crippen LogP contribution < -0.4 is 0 Å². The van der Waals surface area contributed by atoms with E-state index in [4.69, 9.17) is 0 Å². The third-order valence-corrected chi connectivity index (χ3v) is 0.742. The van der Waals surface area contributed by atoms with Crippen LogP contribution in [0, 0.1) is 0 Å². The summed E-state index contributed by atoms with van der Waals surface area (Å²) in [4.78, 5) is 0. The van der Waals surface area contributed by atoms with Gasteiger partial charge in [0.15, 0.2) is 0 Å². The largest absolute Gasteiger partial charge is 0.415 e. The summed E-state index contributed by atoms with van der Waals surface area (Å²) in [7, 11) is 2.88. The Labute approximate surface area is 47.9 Å². The molecule has 0 aromatic carbocycles. The predicted molar refractivity (Wildman–Crippen MR) is 31.1 cm³/mol. The van der Waals surface area contributed by atoms with Gasteiger partial charge in [0.2, 0.25) is 10.5 Å². The van der Waals surface area contributed by atoms with Crippen molar-refractivity contribution in [2.75, 3.05) is 6.61 Å². The SMILES string of the molecule is CC(C)=CCO[Si]. The van der Waals surface area contributed by atoms with Crippen LogP contribution in [0.5, 0.6) is 0 Å². The van der Waals surface area contributed by atoms with E-state index in [0.29, 0.717) is 6.61 Å². The first-order chi connectivity index (χ1) is 3.27. The highest BCUT2D eigenvalue weighted by Crippen LogP contribution is 1.85. The van der Waals surface area contributed by atoms with E-state index in [1.807, 2.05) is 19.9 Å². The van der Waals surface area contributed by atoms with Crippen molar-refractivity contribution in [1.82, 2.24) is 0 Å². The molecular formula is C5H9OSi. The van der Waals surface area contributed by atoms with Gasteiger partial charge in [0, 0.05) is 0 Å². The van der Waals surface area contributed by atoms with Crippen LogP contribution in [0.3, 0.4) is 0 Å². The summed E-state index contributed by atoms with van der Waals surface area (Å²) in [6.45, 7) is 4.72. The topological polar surface area (TPSA) is 9.23 Å². The molecule has 0 aromatic heterocycles. The summed E-state index contributed by atoms with van der Waals surface area (Å²) >= 11 is 0. The van der Waals surface area contributed by atoms with Gasteiger partial charge in [-0.05, 0) is 13.8 Å². The van der Waals surface area contributed by atoms with Crippen molar-refractivity contribution >= 4 is 10.5 Å². The third kappa shape index (κ3) is 5.92. The summed E-state index contributed by atoms with van der Waals surface area (Å²) in [5, 5.41) is 0. The first kappa shape index (κ1) is 6.92. The minimum atomic E-state index is 0.652. The van der Waals surface area contributed by atoms with E-state index >= 15 is 0 Å². The van der Waals surface area contributed by atoms with Crippen LogP contribution in [0.15, 0.2) is 11.6 Å². The average Bonchev–Trinajstić information content (AvgIpc) is 1.61. The molecule has 0 amide bonds. The Balaban J connectivity index is 3.08. The van der Waals surface area contributed by atoms with Crippen molar-refractivity contribution in [3.05, 3.63) is 11.6 Å². The zero-order chi connectivity index (χ0) is 5.70. The highest BCUT2D eigenvalue weighted by atomic mass is 28.2. The fraction of sp³-hybridized carbons (Fsp3) is 0.600. The minimum Gasteiger partial charge on any atom is -0.415 e. The molecule has 0 aromatic rings. The normalized spacial score (nSPS) is 8.43. The predicted octanol–water partition coefficient (Wildman–Crippen LogP) is 1.05. The molecule has 0 spiro atoms. The summed E-state index contributed by atoms with van der Waals surface area (Å²) in [6, 6.07) is 0. The zero-order valence-corrected chi connectivity index (χ0v) is 5.69. The van der Waals surface area contributed by atoms with Crippen LogP contribution in [-0.4, -0.2) is 17.1 Å². The first-order valence-corrected chi connectivity index (χ1v) is 2.60. The van der Waals surface area contributed by atoms with E-state index in [1.54, 1.807) is 0 Å². The fourth-order valence-electron chi connectivity index (χ4n) is 0.208. The molecule has 2 heteroatoms. The monoisotopic (exact) mass is 113 g/mol. The molecule has 0 saturated carbocycles. The van der Waals surface area contributed by atoms with Crippen LogP contribution in [0.25, 0.3) is 0 Å². The molecule has 0 saturated heterocycles. The molecule has 0 aliphatic heterocycles. The Bertz CT molecular complexity index is 64.5. The quantitative estimate of drug-likeness (QED) is 0.384. The second kappa shape index (κ2) is 4.09. The fourth-order valence-corrected chi connectivity index (χ4v) is 0.292. The molecule has 0 aliphatic carbocycles. The molecule has 0 atom stereocenters. The lowest BCUT2D eigenvalue weighted by molar-refractivity contribution is 0.400. The van der Waals surface area contributed by atoms with Gasteiger partial charge in [-0.15, -0.1) is 0 Å². The lowest BCUT2D eigenvalue weighted by Crippen LogP contribution is -1.82. The Morgan fingerprint density at radius 2 is 2.29 bits per heavy atom. The Morgan fingerprint density at radius 1 is 1.71 bits per heavy atom. The van der Waals surface area contributed by atoms with E-state index < -0.39 is 0 Å². The highest BCUT2D eigenvalue weighted by Gasteiger charge is 1.72. The molecule has 0 unspecified atom stereocenters. The van der Waals surface area contributed by atoms with Crippen LogP contribution in [0.2, 0.25) is 0 Å². The molecule has 0 bridgehead atoms. The lowest BCUT2D eigenvalue weighted by Gasteiger charge is -1.87. The summed E-state index contributed by atoms with van der Waals surface area (Å²) in [5.41, 5.74) is 1.28. The van der Waals surface area contributed by atoms with E-state index in [0.717, 1.165) is 0 Å². The van der Waals surface area contributed by atoms with Crippen molar-refractivity contribution in [3.8, 4) is 0 Å². The molecule has 0 heterocycles. The van der Waals surface area contributed by atoms with E-state index in [9.17, 15) is 0 Å². The van der Waals surface area contributed by atoms with Gasteiger partial charge in [0.25, 0.3) is 0 Å². The van der Waals surface area contributed by atoms with Gasteiger partial charge in [-0.1, -0.05) is 11.6 Å². The highest BCUT2D eigenvalue weighted by molar-refractivity contribution is 5.98. The average molecular weight is 113 g/mol. The molecule has 0 rings (SSSR count). The van der Waals surface area contributed by atoms with Gasteiger partial charge < -0.3 is 4.43 Å². The van der Waals surface area contributed by atoms with Gasteiger partial charge in [0.1, 0.15) is 0 Å². The third-order valence-electron chi connectivity index (χ3n) is 0.575. The Kier molecular flexibility index (Phi) is 4.04. The summed E-state index contributed by atoms with van der Waals surface area (Å²) in [5.74, 6) is 0. The molecule has 7 heavy (non-hydrogen) atoms. The van der Waals surface area contributed by atoms with Crippen LogP contribution in [0.4, 0.5) is 0 Å². The van der Waals surface area contributed by atoms with Crippen molar-refractivity contribution in [2.45, 2.75) is 13.8 Å². The van der Waals surface area contributed by atoms with Crippen LogP contribution >= 0.6 is 0 Å². The maximum absolute atomic E-state index is 4.58. The van der Waals surface area contributed by atoms with Crippen molar-refractivity contribution in [1.29, 1.82) is 0 Å². The molecular weight excluding hydrogens is 104 g/mol. The lowest BCUT2D eigenvalue weighted by atomic mass is 10.3. The van der Waals surface area contributed by atoms with Crippen LogP contribution in [-0.2, 0) is 4.43 Å². The smallest absolute Gasteiger partial charge is 0.246 e. The Morgan fingerprint density at radius 3 is 2.43 bits per heavy atom. The van der Waals surface area contributed by atoms with Crippen molar-refractivity contribution in [2.24, 2.45) is 0 Å². The minimum absolute atomic E-state index is 0.652. The van der Waals surface area contributed by atoms with Gasteiger partial charge >= 0.3 is 0 Å². The second-order valence-electron chi connectivity index (χ2n) is 1.59. The van der Waals surface area contributed by atoms with Gasteiger partial charge in [0.05, 0.1) is 6.61 Å². The summed E-state index contributed by atoms with van der Waals surface area (Å²) < 4.78 is 4.58. The van der Waals surface area contributed by atoms with Crippen molar-refractivity contribution < 1.29 is 4.43 Å². The van der Waals surface area contributed by atoms with Crippen LogP contribution in [0.1, 0.15) is 13.8 Å². The number of allylic oxidation sites excluding steroid dienone is 1. The van der Waals surface area contributed by atoms with Gasteiger partial charge in [-0.25, -0.2) is 0 Å². The summed E-state index contributed by atoms with van der Waals surface area (Å²) in [6.07, 6.45) is 1.99.